The average molecular weight is 317 g/mol. The Bertz CT molecular complexity index is 1010. The smallest absolute Gasteiger partial charge is 0.237 e. The van der Waals surface area contributed by atoms with Crippen molar-refractivity contribution in [1.82, 2.24) is 34.8 Å². The van der Waals surface area contributed by atoms with E-state index in [1.807, 2.05) is 50.2 Å². The Morgan fingerprint density at radius 2 is 1.83 bits per heavy atom. The summed E-state index contributed by atoms with van der Waals surface area (Å²) in [5.74, 6) is 1.91. The van der Waals surface area contributed by atoms with Crippen molar-refractivity contribution in [2.45, 2.75) is 20.3 Å². The van der Waals surface area contributed by atoms with Gasteiger partial charge in [-0.1, -0.05) is 37.3 Å². The molecule has 0 saturated carbocycles. The molecule has 118 valence electrons. The Balaban J connectivity index is 1.84. The summed E-state index contributed by atoms with van der Waals surface area (Å²) in [6, 6.07) is 11.7. The van der Waals surface area contributed by atoms with Gasteiger partial charge in [0.25, 0.3) is 5.78 Å². The first kappa shape index (κ1) is 14.4. The van der Waals surface area contributed by atoms with Gasteiger partial charge >= 0.3 is 0 Å². The van der Waals surface area contributed by atoms with Crippen molar-refractivity contribution < 1.29 is 0 Å². The number of fused-ring (bicyclic) bond motifs is 1. The zero-order valence-electron chi connectivity index (χ0n) is 13.4. The summed E-state index contributed by atoms with van der Waals surface area (Å²) < 4.78 is 1.71. The van der Waals surface area contributed by atoms with Crippen LogP contribution in [0.15, 0.2) is 42.6 Å². The highest BCUT2D eigenvalue weighted by atomic mass is 15.4. The SMILES string of the molecule is CCc1nc2nnc(-c3ccnc(-c4ccccc4)n3)c(C)n2n1. The molecule has 24 heavy (non-hydrogen) atoms. The summed E-state index contributed by atoms with van der Waals surface area (Å²) in [4.78, 5) is 13.3. The fourth-order valence-corrected chi connectivity index (χ4v) is 2.51. The lowest BCUT2D eigenvalue weighted by atomic mass is 10.2. The first-order valence-electron chi connectivity index (χ1n) is 7.74. The van der Waals surface area contributed by atoms with Gasteiger partial charge in [0.15, 0.2) is 11.6 Å². The predicted molar refractivity (Wildman–Crippen MR) is 89.2 cm³/mol. The molecule has 0 amide bonds. The van der Waals surface area contributed by atoms with Gasteiger partial charge in [0, 0.05) is 18.2 Å². The van der Waals surface area contributed by atoms with Crippen LogP contribution in [0.1, 0.15) is 18.4 Å². The molecule has 3 aromatic heterocycles. The molecular formula is C17H15N7. The lowest BCUT2D eigenvalue weighted by Crippen LogP contribution is -2.04. The Hall–Kier alpha value is -3.22. The van der Waals surface area contributed by atoms with Gasteiger partial charge < -0.3 is 0 Å². The molecule has 0 N–H and O–H groups in total. The third-order valence-corrected chi connectivity index (χ3v) is 3.78. The monoisotopic (exact) mass is 317 g/mol. The topological polar surface area (TPSA) is 81.8 Å². The molecule has 4 rings (SSSR count). The van der Waals surface area contributed by atoms with Gasteiger partial charge in [-0.3, -0.25) is 0 Å². The summed E-state index contributed by atoms with van der Waals surface area (Å²) in [6.45, 7) is 3.95. The van der Waals surface area contributed by atoms with Gasteiger partial charge in [-0.2, -0.15) is 9.50 Å². The fourth-order valence-electron chi connectivity index (χ4n) is 2.51. The van der Waals surface area contributed by atoms with Crippen LogP contribution in [0, 0.1) is 6.92 Å². The maximum absolute atomic E-state index is 4.63. The molecular weight excluding hydrogens is 302 g/mol. The molecule has 0 saturated heterocycles. The zero-order chi connectivity index (χ0) is 16.5. The number of benzene rings is 1. The first-order chi connectivity index (χ1) is 11.8. The van der Waals surface area contributed by atoms with E-state index in [0.29, 0.717) is 23.0 Å². The molecule has 1 aromatic carbocycles. The number of rotatable bonds is 3. The van der Waals surface area contributed by atoms with E-state index in [1.165, 1.54) is 0 Å². The molecule has 0 radical (unpaired) electrons. The minimum atomic E-state index is 0.505. The summed E-state index contributed by atoms with van der Waals surface area (Å²) in [7, 11) is 0. The van der Waals surface area contributed by atoms with E-state index < -0.39 is 0 Å². The average Bonchev–Trinajstić information content (AvgIpc) is 3.07. The second-order valence-corrected chi connectivity index (χ2v) is 5.36. The number of nitrogens with zero attached hydrogens (tertiary/aromatic N) is 7. The largest absolute Gasteiger partial charge is 0.272 e. The van der Waals surface area contributed by atoms with Gasteiger partial charge in [-0.15, -0.1) is 15.3 Å². The van der Waals surface area contributed by atoms with E-state index in [2.05, 4.69) is 30.2 Å². The maximum atomic E-state index is 4.63. The second-order valence-electron chi connectivity index (χ2n) is 5.36. The van der Waals surface area contributed by atoms with Crippen LogP contribution in [0.25, 0.3) is 28.6 Å². The van der Waals surface area contributed by atoms with Gasteiger partial charge in [0.2, 0.25) is 0 Å². The highest BCUT2D eigenvalue weighted by Gasteiger charge is 2.14. The molecule has 0 fully saturated rings. The van der Waals surface area contributed by atoms with E-state index in [9.17, 15) is 0 Å². The van der Waals surface area contributed by atoms with E-state index in [0.717, 1.165) is 23.5 Å². The van der Waals surface area contributed by atoms with Crippen LogP contribution < -0.4 is 0 Å². The quantitative estimate of drug-likeness (QED) is 0.577. The van der Waals surface area contributed by atoms with Crippen molar-refractivity contribution >= 4 is 5.78 Å². The van der Waals surface area contributed by atoms with Crippen molar-refractivity contribution in [3.63, 3.8) is 0 Å². The van der Waals surface area contributed by atoms with Crippen molar-refractivity contribution in [3.8, 4) is 22.8 Å². The normalized spacial score (nSPS) is 11.1. The van der Waals surface area contributed by atoms with Crippen LogP contribution >= 0.6 is 0 Å². The molecule has 0 unspecified atom stereocenters. The van der Waals surface area contributed by atoms with E-state index in [1.54, 1.807) is 10.7 Å². The van der Waals surface area contributed by atoms with Gasteiger partial charge in [-0.25, -0.2) is 9.97 Å². The summed E-state index contributed by atoms with van der Waals surface area (Å²) in [6.07, 6.45) is 2.48. The molecule has 0 spiro atoms. The van der Waals surface area contributed by atoms with E-state index in [-0.39, 0.29) is 0 Å². The minimum Gasteiger partial charge on any atom is -0.237 e. The zero-order valence-corrected chi connectivity index (χ0v) is 13.4. The molecule has 0 aliphatic heterocycles. The minimum absolute atomic E-state index is 0.505. The first-order valence-corrected chi connectivity index (χ1v) is 7.74. The molecule has 0 aliphatic carbocycles. The van der Waals surface area contributed by atoms with Crippen molar-refractivity contribution in [1.29, 1.82) is 0 Å². The Morgan fingerprint density at radius 1 is 1.00 bits per heavy atom. The van der Waals surface area contributed by atoms with Crippen LogP contribution in [0.2, 0.25) is 0 Å². The van der Waals surface area contributed by atoms with E-state index in [4.69, 9.17) is 0 Å². The van der Waals surface area contributed by atoms with Crippen molar-refractivity contribution in [2.24, 2.45) is 0 Å². The van der Waals surface area contributed by atoms with Crippen molar-refractivity contribution in [2.75, 3.05) is 0 Å². The highest BCUT2D eigenvalue weighted by Crippen LogP contribution is 2.21. The molecule has 7 nitrogen and oxygen atoms in total. The molecule has 0 aliphatic rings. The highest BCUT2D eigenvalue weighted by molar-refractivity contribution is 5.62. The summed E-state index contributed by atoms with van der Waals surface area (Å²) >= 11 is 0. The Kier molecular flexibility index (Phi) is 3.45. The van der Waals surface area contributed by atoms with Gasteiger partial charge in [-0.05, 0) is 13.0 Å². The van der Waals surface area contributed by atoms with Crippen LogP contribution in [-0.4, -0.2) is 34.8 Å². The standard InChI is InChI=1S/C17H15N7/c1-3-14-20-17-22-21-15(11(2)24(17)23-14)13-9-10-18-16(19-13)12-7-5-4-6-8-12/h4-10H,3H2,1-2H3. The molecule has 3 heterocycles. The number of hydrogen-bond acceptors (Lipinski definition) is 6. The molecule has 0 atom stereocenters. The van der Waals surface area contributed by atoms with Crippen LogP contribution in [0.3, 0.4) is 0 Å². The Labute approximate surface area is 138 Å². The van der Waals surface area contributed by atoms with Crippen LogP contribution in [0.5, 0.6) is 0 Å². The lowest BCUT2D eigenvalue weighted by molar-refractivity contribution is 0.827. The maximum Gasteiger partial charge on any atom is 0.272 e. The molecule has 7 heteroatoms. The predicted octanol–water partition coefficient (Wildman–Crippen LogP) is 2.51. The second kappa shape index (κ2) is 5.77. The van der Waals surface area contributed by atoms with Gasteiger partial charge in [0.05, 0.1) is 11.4 Å². The van der Waals surface area contributed by atoms with Crippen LogP contribution in [-0.2, 0) is 6.42 Å². The van der Waals surface area contributed by atoms with Crippen molar-refractivity contribution in [3.05, 3.63) is 54.1 Å². The van der Waals surface area contributed by atoms with Crippen LogP contribution in [0.4, 0.5) is 0 Å². The molecule has 0 bridgehead atoms. The Morgan fingerprint density at radius 3 is 2.62 bits per heavy atom. The number of aromatic nitrogens is 7. The van der Waals surface area contributed by atoms with Gasteiger partial charge in [0.1, 0.15) is 5.69 Å². The number of aryl methyl sites for hydroxylation is 2. The lowest BCUT2D eigenvalue weighted by Gasteiger charge is -2.06. The third-order valence-electron chi connectivity index (χ3n) is 3.78. The molecule has 4 aromatic rings. The summed E-state index contributed by atoms with van der Waals surface area (Å²) in [5.41, 5.74) is 3.20. The number of hydrogen-bond donors (Lipinski definition) is 0. The fraction of sp³-hybridized carbons (Fsp3) is 0.176. The summed E-state index contributed by atoms with van der Waals surface area (Å²) in [5, 5.41) is 12.9. The van der Waals surface area contributed by atoms with E-state index >= 15 is 0 Å². The third kappa shape index (κ3) is 2.40.